The Morgan fingerprint density at radius 1 is 0.717 bits per heavy atom. The van der Waals surface area contributed by atoms with Crippen LogP contribution in [0.2, 0.25) is 0 Å². The molecule has 2 aliphatic heterocycles. The number of nitrogens with zero attached hydrogens (tertiary/aromatic N) is 4. The van der Waals surface area contributed by atoms with Gasteiger partial charge in [-0.15, -0.1) is 0 Å². The third kappa shape index (κ3) is 8.86. The van der Waals surface area contributed by atoms with Crippen molar-refractivity contribution in [1.82, 2.24) is 10.6 Å². The number of carbonyl (C=O) groups is 2. The number of hydrogen-bond donors (Lipinski definition) is 2. The molecule has 0 bridgehead atoms. The zero-order valence-electron chi connectivity index (χ0n) is 26.2. The molecule has 0 radical (unpaired) electrons. The highest BCUT2D eigenvalue weighted by Crippen LogP contribution is 2.22. The molecular weight excluding hydrogens is 572 g/mol. The molecule has 8 nitrogen and oxygen atoms in total. The zero-order valence-corrected chi connectivity index (χ0v) is 26.2. The van der Waals surface area contributed by atoms with Gasteiger partial charge in [-0.3, -0.25) is 9.59 Å². The van der Waals surface area contributed by atoms with Gasteiger partial charge in [-0.1, -0.05) is 48.5 Å². The number of nitriles is 1. The van der Waals surface area contributed by atoms with Gasteiger partial charge in [0.25, 0.3) is 17.5 Å². The van der Waals surface area contributed by atoms with Crippen LogP contribution >= 0.6 is 0 Å². The maximum Gasteiger partial charge on any atom is 0.262 e. The fourth-order valence-corrected chi connectivity index (χ4v) is 5.89. The first kappa shape index (κ1) is 32.1. The van der Waals surface area contributed by atoms with E-state index in [0.717, 1.165) is 54.1 Å². The van der Waals surface area contributed by atoms with Crippen LogP contribution in [0.15, 0.2) is 84.1 Å². The summed E-state index contributed by atoms with van der Waals surface area (Å²) in [5, 5.41) is 15.3. The molecule has 3 aromatic carbocycles. The van der Waals surface area contributed by atoms with E-state index in [1.54, 1.807) is 12.2 Å². The van der Waals surface area contributed by atoms with Crippen molar-refractivity contribution >= 4 is 35.3 Å². The van der Waals surface area contributed by atoms with Crippen molar-refractivity contribution in [2.75, 3.05) is 36.0 Å². The van der Waals surface area contributed by atoms with E-state index in [1.807, 2.05) is 78.9 Å². The summed E-state index contributed by atoms with van der Waals surface area (Å²) in [7, 11) is 0. The second-order valence-electron chi connectivity index (χ2n) is 11.8. The quantitative estimate of drug-likeness (QED) is 0.156. The lowest BCUT2D eigenvalue weighted by atomic mass is 10.1. The van der Waals surface area contributed by atoms with Gasteiger partial charge >= 0.3 is 0 Å². The minimum absolute atomic E-state index is 0.0195. The van der Waals surface area contributed by atoms with Gasteiger partial charge in [-0.05, 0) is 97.2 Å². The van der Waals surface area contributed by atoms with E-state index in [0.29, 0.717) is 0 Å². The first-order chi connectivity index (χ1) is 22.5. The van der Waals surface area contributed by atoms with Crippen LogP contribution in [0.25, 0.3) is 17.0 Å². The Kier molecular flexibility index (Phi) is 11.2. The van der Waals surface area contributed by atoms with Crippen LogP contribution in [-0.2, 0) is 22.7 Å². The molecule has 0 aromatic heterocycles. The zero-order chi connectivity index (χ0) is 32.1. The number of amides is 2. The van der Waals surface area contributed by atoms with Crippen molar-refractivity contribution < 1.29 is 9.59 Å². The molecule has 234 valence electrons. The summed E-state index contributed by atoms with van der Waals surface area (Å²) in [5.74, 6) is -0.890. The van der Waals surface area contributed by atoms with Crippen LogP contribution in [0.4, 0.5) is 11.4 Å². The van der Waals surface area contributed by atoms with Gasteiger partial charge in [-0.25, -0.2) is 4.85 Å². The minimum Gasteiger partial charge on any atom is -0.372 e. The molecule has 8 heteroatoms. The lowest BCUT2D eigenvalue weighted by Gasteiger charge is -2.28. The van der Waals surface area contributed by atoms with E-state index >= 15 is 0 Å². The van der Waals surface area contributed by atoms with Crippen molar-refractivity contribution in [3.05, 3.63) is 118 Å². The lowest BCUT2D eigenvalue weighted by Crippen LogP contribution is -2.29. The van der Waals surface area contributed by atoms with Gasteiger partial charge in [0.2, 0.25) is 0 Å². The predicted octanol–water partition coefficient (Wildman–Crippen LogP) is 6.47. The topological polar surface area (TPSA) is 92.8 Å². The molecule has 2 heterocycles. The largest absolute Gasteiger partial charge is 0.372 e. The van der Waals surface area contributed by atoms with Crippen molar-refractivity contribution in [3.63, 3.8) is 0 Å². The normalized spacial score (nSPS) is 15.4. The van der Waals surface area contributed by atoms with Crippen molar-refractivity contribution in [3.8, 4) is 6.07 Å². The minimum atomic E-state index is -0.447. The highest BCUT2D eigenvalue weighted by Gasteiger charge is 2.14. The summed E-state index contributed by atoms with van der Waals surface area (Å²) in [6.07, 6.45) is 10.6. The average molecular weight is 613 g/mol. The summed E-state index contributed by atoms with van der Waals surface area (Å²) in [5.41, 5.74) is 5.65. The fraction of sp³-hybridized carbons (Fsp3) is 0.316. The Morgan fingerprint density at radius 2 is 1.20 bits per heavy atom. The fourth-order valence-electron chi connectivity index (χ4n) is 5.89. The average Bonchev–Trinajstić information content (AvgIpc) is 3.12. The van der Waals surface area contributed by atoms with E-state index in [4.69, 9.17) is 6.57 Å². The number of piperidine rings is 2. The monoisotopic (exact) mass is 612 g/mol. The van der Waals surface area contributed by atoms with Crippen LogP contribution in [0.1, 0.15) is 60.8 Å². The first-order valence-corrected chi connectivity index (χ1v) is 16.1. The highest BCUT2D eigenvalue weighted by molar-refractivity contribution is 6.01. The summed E-state index contributed by atoms with van der Waals surface area (Å²) in [4.78, 5) is 33.8. The Hall–Kier alpha value is -5.34. The van der Waals surface area contributed by atoms with Crippen LogP contribution in [0.3, 0.4) is 0 Å². The molecule has 2 saturated heterocycles. The number of anilines is 2. The van der Waals surface area contributed by atoms with Crippen LogP contribution < -0.4 is 20.4 Å². The van der Waals surface area contributed by atoms with Gasteiger partial charge in [0.15, 0.2) is 0 Å². The number of carbonyl (C=O) groups excluding carboxylic acids is 2. The van der Waals surface area contributed by atoms with Gasteiger partial charge < -0.3 is 20.4 Å². The molecule has 2 fully saturated rings. The molecule has 5 rings (SSSR count). The lowest BCUT2D eigenvalue weighted by molar-refractivity contribution is -0.118. The van der Waals surface area contributed by atoms with Crippen molar-refractivity contribution in [1.29, 1.82) is 5.26 Å². The molecule has 2 amide bonds. The van der Waals surface area contributed by atoms with Crippen LogP contribution in [0, 0.1) is 17.9 Å². The van der Waals surface area contributed by atoms with Crippen molar-refractivity contribution in [2.24, 2.45) is 0 Å². The number of hydrogen-bond acceptors (Lipinski definition) is 5. The summed E-state index contributed by atoms with van der Waals surface area (Å²) in [6.45, 7) is 12.2. The Balaban J connectivity index is 1.13. The first-order valence-electron chi connectivity index (χ1n) is 16.1. The van der Waals surface area contributed by atoms with Gasteiger partial charge in [0, 0.05) is 50.6 Å². The standard InChI is InChI=1S/C38H40N6O2/c1-40-36(25-30-13-17-35(18-14-30)44-21-6-3-7-22-44)38(46)42-28-32-10-8-9-31(23-32)27-41-37(45)33(26-39)24-29-11-15-34(16-12-29)43-19-4-2-5-20-43/h8-18,23-25H,2-7,19-22,27-28H2,(H,41,45)(H,42,46). The van der Waals surface area contributed by atoms with Gasteiger partial charge in [-0.2, -0.15) is 5.26 Å². The molecule has 0 spiro atoms. The van der Waals surface area contributed by atoms with E-state index in [2.05, 4.69) is 25.3 Å². The third-order valence-corrected chi connectivity index (χ3v) is 8.46. The molecule has 2 N–H and O–H groups in total. The summed E-state index contributed by atoms with van der Waals surface area (Å²) >= 11 is 0. The van der Waals surface area contributed by atoms with Crippen LogP contribution in [-0.4, -0.2) is 38.0 Å². The molecule has 0 unspecified atom stereocenters. The second kappa shape index (κ2) is 16.1. The SMILES string of the molecule is [C-]#[N+]C(=Cc1ccc(N2CCCCC2)cc1)C(=O)NCc1cccc(CNC(=O)C(C#N)=Cc2ccc(N3CCCCC3)cc2)c1. The van der Waals surface area contributed by atoms with Crippen LogP contribution in [0.5, 0.6) is 0 Å². The summed E-state index contributed by atoms with van der Waals surface area (Å²) in [6, 6.07) is 25.4. The summed E-state index contributed by atoms with van der Waals surface area (Å²) < 4.78 is 0. The number of rotatable bonds is 10. The predicted molar refractivity (Wildman–Crippen MR) is 183 cm³/mol. The van der Waals surface area contributed by atoms with E-state index < -0.39 is 11.8 Å². The smallest absolute Gasteiger partial charge is 0.262 e. The molecule has 46 heavy (non-hydrogen) atoms. The second-order valence-corrected chi connectivity index (χ2v) is 11.8. The highest BCUT2D eigenvalue weighted by atomic mass is 16.2. The number of benzene rings is 3. The Labute approximate surface area is 271 Å². The molecule has 3 aromatic rings. The number of nitrogens with one attached hydrogen (secondary N) is 2. The molecule has 0 atom stereocenters. The molecule has 2 aliphatic rings. The molecule has 0 aliphatic carbocycles. The Bertz CT molecular complexity index is 1530. The molecule has 0 saturated carbocycles. The third-order valence-electron chi connectivity index (χ3n) is 8.46. The van der Waals surface area contributed by atoms with E-state index in [1.165, 1.54) is 44.2 Å². The van der Waals surface area contributed by atoms with Gasteiger partial charge in [0.1, 0.15) is 11.6 Å². The maximum absolute atomic E-state index is 12.8. The van der Waals surface area contributed by atoms with Gasteiger partial charge in [0.05, 0.1) is 6.57 Å². The van der Waals surface area contributed by atoms with E-state index in [9.17, 15) is 14.9 Å². The van der Waals surface area contributed by atoms with Crippen molar-refractivity contribution in [2.45, 2.75) is 51.6 Å². The van der Waals surface area contributed by atoms with E-state index in [-0.39, 0.29) is 24.4 Å². The molecular formula is C38H40N6O2. The maximum atomic E-state index is 12.8. The Morgan fingerprint density at radius 3 is 1.67 bits per heavy atom.